The van der Waals surface area contributed by atoms with Crippen LogP contribution in [-0.2, 0) is 20.9 Å². The molecule has 0 radical (unpaired) electrons. The summed E-state index contributed by atoms with van der Waals surface area (Å²) in [7, 11) is 0. The molecule has 1 aliphatic rings. The van der Waals surface area contributed by atoms with Crippen LogP contribution >= 0.6 is 23.5 Å². The maximum absolute atomic E-state index is 12.7. The largest absolute Gasteiger partial charge is 0.445 e. The number of nitrogens with zero attached hydrogens (tertiary/aromatic N) is 3. The maximum Gasteiger partial charge on any atom is 0.410 e. The quantitative estimate of drug-likeness (QED) is 0.320. The van der Waals surface area contributed by atoms with Crippen molar-refractivity contribution in [1.29, 1.82) is 5.26 Å². The molecule has 1 N–H and O–H groups in total. The van der Waals surface area contributed by atoms with E-state index in [1.807, 2.05) is 6.07 Å². The zero-order valence-electron chi connectivity index (χ0n) is 17.7. The van der Waals surface area contributed by atoms with E-state index in [1.165, 1.54) is 54.7 Å². The van der Waals surface area contributed by atoms with Crippen molar-refractivity contribution in [2.45, 2.75) is 43.4 Å². The number of amides is 2. The van der Waals surface area contributed by atoms with Gasteiger partial charge in [-0.3, -0.25) is 19.7 Å². The number of ether oxygens (including phenoxy) is 1. The summed E-state index contributed by atoms with van der Waals surface area (Å²) in [5, 5.41) is 21.3. The van der Waals surface area contributed by atoms with Crippen LogP contribution in [0.15, 0.2) is 24.3 Å². The minimum atomic E-state index is -0.540. The van der Waals surface area contributed by atoms with Crippen molar-refractivity contribution in [3.05, 3.63) is 39.9 Å². The summed E-state index contributed by atoms with van der Waals surface area (Å²) in [6, 6.07) is 7.38. The lowest BCUT2D eigenvalue weighted by molar-refractivity contribution is -0.384. The second kappa shape index (κ2) is 12.3. The summed E-state index contributed by atoms with van der Waals surface area (Å²) >= 11 is 2.54. The predicted molar refractivity (Wildman–Crippen MR) is 121 cm³/mol. The second-order valence-corrected chi connectivity index (χ2v) is 9.95. The minimum absolute atomic E-state index is 0.0354. The molecule has 1 aliphatic heterocycles. The average Bonchev–Trinajstić information content (AvgIpc) is 3.16. The van der Waals surface area contributed by atoms with Crippen molar-refractivity contribution < 1.29 is 24.0 Å². The molecule has 0 aliphatic carbocycles. The molecule has 0 aromatic heterocycles. The summed E-state index contributed by atoms with van der Waals surface area (Å²) < 4.78 is 5.40. The van der Waals surface area contributed by atoms with Crippen LogP contribution in [-0.4, -0.2) is 62.3 Å². The summed E-state index contributed by atoms with van der Waals surface area (Å²) in [5.74, 6) is 0.222. The van der Waals surface area contributed by atoms with E-state index in [-0.39, 0.29) is 41.2 Å². The fourth-order valence-electron chi connectivity index (χ4n) is 3.12. The van der Waals surface area contributed by atoms with Crippen LogP contribution in [0.1, 0.15) is 25.8 Å². The number of non-ortho nitro benzene ring substituents is 1. The average molecular weight is 481 g/mol. The number of hydrogen-bond acceptors (Lipinski definition) is 9. The molecule has 10 nitrogen and oxygen atoms in total. The molecule has 2 amide bonds. The van der Waals surface area contributed by atoms with E-state index in [4.69, 9.17) is 10.00 Å². The number of nitro benzene ring substituents is 1. The smallest absolute Gasteiger partial charge is 0.410 e. The van der Waals surface area contributed by atoms with E-state index < -0.39 is 16.3 Å². The number of nitro groups is 1. The summed E-state index contributed by atoms with van der Waals surface area (Å²) in [6.45, 7) is 3.46. The Bertz CT molecular complexity index is 889. The molecule has 1 heterocycles. The van der Waals surface area contributed by atoms with Crippen LogP contribution in [0.2, 0.25) is 0 Å². The van der Waals surface area contributed by atoms with Crippen molar-refractivity contribution in [2.75, 3.05) is 18.8 Å². The zero-order valence-corrected chi connectivity index (χ0v) is 19.3. The van der Waals surface area contributed by atoms with Crippen LogP contribution in [0.4, 0.5) is 10.5 Å². The van der Waals surface area contributed by atoms with Gasteiger partial charge in [0.05, 0.1) is 16.2 Å². The van der Waals surface area contributed by atoms with Gasteiger partial charge in [0.15, 0.2) is 5.12 Å². The number of likely N-dealkylation sites (tertiary alicyclic amines) is 1. The molecule has 12 heteroatoms. The van der Waals surface area contributed by atoms with Crippen molar-refractivity contribution in [1.82, 2.24) is 10.2 Å². The molecule has 3 atom stereocenters. The molecule has 0 saturated carbocycles. The molecule has 0 spiro atoms. The highest BCUT2D eigenvalue weighted by molar-refractivity contribution is 8.14. The van der Waals surface area contributed by atoms with E-state index in [9.17, 15) is 24.5 Å². The number of thioether (sulfide) groups is 2. The fourth-order valence-corrected chi connectivity index (χ4v) is 5.20. The minimum Gasteiger partial charge on any atom is -0.445 e. The Morgan fingerprint density at radius 1 is 1.38 bits per heavy atom. The van der Waals surface area contributed by atoms with Crippen molar-refractivity contribution in [3.8, 4) is 6.07 Å². The fraction of sp³-hybridized carbons (Fsp3) is 0.500. The van der Waals surface area contributed by atoms with Crippen LogP contribution in [0.3, 0.4) is 0 Å². The highest BCUT2D eigenvalue weighted by atomic mass is 32.2. The Morgan fingerprint density at radius 3 is 2.66 bits per heavy atom. The van der Waals surface area contributed by atoms with Gasteiger partial charge in [0, 0.05) is 42.6 Å². The summed E-state index contributed by atoms with van der Waals surface area (Å²) in [6.07, 6.45) is 0.0540. The van der Waals surface area contributed by atoms with Gasteiger partial charge in [0.1, 0.15) is 13.2 Å². The SMILES string of the molecule is CC(=O)S[C@H]1C[C@@H](CSC(C)C(=O)NCC#N)N(C(=O)OCc2ccc([N+](=O)[O-])cc2)C1. The van der Waals surface area contributed by atoms with Gasteiger partial charge in [-0.05, 0) is 31.0 Å². The number of nitrogens with one attached hydrogen (secondary N) is 1. The molecule has 1 saturated heterocycles. The molecular weight excluding hydrogens is 456 g/mol. The maximum atomic E-state index is 12.7. The highest BCUT2D eigenvalue weighted by Crippen LogP contribution is 2.31. The first-order valence-corrected chi connectivity index (χ1v) is 11.7. The highest BCUT2D eigenvalue weighted by Gasteiger charge is 2.37. The topological polar surface area (TPSA) is 143 Å². The lowest BCUT2D eigenvalue weighted by Crippen LogP contribution is -2.39. The molecule has 1 aromatic rings. The Labute approximate surface area is 194 Å². The van der Waals surface area contributed by atoms with Gasteiger partial charge >= 0.3 is 6.09 Å². The predicted octanol–water partition coefficient (Wildman–Crippen LogP) is 2.72. The summed E-state index contributed by atoms with van der Waals surface area (Å²) in [5.41, 5.74) is 0.570. The van der Waals surface area contributed by atoms with Crippen LogP contribution < -0.4 is 5.32 Å². The van der Waals surface area contributed by atoms with Gasteiger partial charge in [0.25, 0.3) is 5.69 Å². The molecular formula is C20H24N4O6S2. The molecule has 1 aromatic carbocycles. The first-order chi connectivity index (χ1) is 15.2. The molecule has 1 fully saturated rings. The van der Waals surface area contributed by atoms with Crippen molar-refractivity contribution in [3.63, 3.8) is 0 Å². The normalized spacial score (nSPS) is 18.5. The van der Waals surface area contributed by atoms with Crippen LogP contribution in [0, 0.1) is 21.4 Å². The number of nitriles is 1. The third-order valence-electron chi connectivity index (χ3n) is 4.70. The van der Waals surface area contributed by atoms with Crippen molar-refractivity contribution >= 4 is 46.3 Å². The Morgan fingerprint density at radius 2 is 2.06 bits per heavy atom. The number of benzene rings is 1. The van der Waals surface area contributed by atoms with E-state index in [1.54, 1.807) is 11.8 Å². The van der Waals surface area contributed by atoms with Gasteiger partial charge in [-0.1, -0.05) is 11.8 Å². The standard InChI is InChI=1S/C20H24N4O6S2/c1-13(19(26)22-8-7-21)31-12-17-9-18(32-14(2)25)10-23(17)20(27)30-11-15-3-5-16(6-4-15)24(28)29/h3-6,13,17-18H,8-12H2,1-2H3,(H,22,26)/t13?,17-,18-/m0/s1. The van der Waals surface area contributed by atoms with Crippen LogP contribution in [0.25, 0.3) is 0 Å². The van der Waals surface area contributed by atoms with Gasteiger partial charge in [-0.2, -0.15) is 5.26 Å². The molecule has 172 valence electrons. The van der Waals surface area contributed by atoms with Gasteiger partial charge in [-0.25, -0.2) is 4.79 Å². The number of carbonyl (C=O) groups excluding carboxylic acids is 3. The van der Waals surface area contributed by atoms with E-state index in [0.29, 0.717) is 24.3 Å². The van der Waals surface area contributed by atoms with Crippen molar-refractivity contribution in [2.24, 2.45) is 0 Å². The second-order valence-electron chi connectivity index (χ2n) is 7.10. The summed E-state index contributed by atoms with van der Waals surface area (Å²) in [4.78, 5) is 48.0. The third-order valence-corrected chi connectivity index (χ3v) is 7.00. The lowest BCUT2D eigenvalue weighted by Gasteiger charge is -2.24. The van der Waals surface area contributed by atoms with Gasteiger partial charge in [-0.15, -0.1) is 11.8 Å². The monoisotopic (exact) mass is 480 g/mol. The number of carbonyl (C=O) groups is 3. The Balaban J connectivity index is 1.96. The molecule has 1 unspecified atom stereocenters. The first-order valence-electron chi connectivity index (χ1n) is 9.81. The Kier molecular flexibility index (Phi) is 9.80. The van der Waals surface area contributed by atoms with E-state index in [0.717, 1.165) is 0 Å². The molecule has 2 rings (SSSR count). The lowest BCUT2D eigenvalue weighted by atomic mass is 10.2. The van der Waals surface area contributed by atoms with E-state index in [2.05, 4.69) is 5.32 Å². The number of hydrogen-bond donors (Lipinski definition) is 1. The zero-order chi connectivity index (χ0) is 23.7. The van der Waals surface area contributed by atoms with Gasteiger partial charge < -0.3 is 15.0 Å². The molecule has 32 heavy (non-hydrogen) atoms. The van der Waals surface area contributed by atoms with Gasteiger partial charge in [0.2, 0.25) is 5.91 Å². The Hall–Kier alpha value is -2.78. The first kappa shape index (κ1) is 25.5. The number of rotatable bonds is 9. The molecule has 0 bridgehead atoms. The van der Waals surface area contributed by atoms with Crippen LogP contribution in [0.5, 0.6) is 0 Å². The third kappa shape index (κ3) is 7.72. The van der Waals surface area contributed by atoms with E-state index >= 15 is 0 Å².